The lowest BCUT2D eigenvalue weighted by Crippen LogP contribution is -2.30. The molecule has 2 amide bonds. The molecular formula is C24H21ClN2O3. The fourth-order valence-corrected chi connectivity index (χ4v) is 2.77. The van der Waals surface area contributed by atoms with Crippen LogP contribution in [0.4, 0.5) is 11.4 Å². The highest BCUT2D eigenvalue weighted by Gasteiger charge is 2.16. The molecule has 5 nitrogen and oxygen atoms in total. The minimum atomic E-state index is -0.729. The molecule has 0 aliphatic carbocycles. The van der Waals surface area contributed by atoms with Gasteiger partial charge in [0.25, 0.3) is 5.91 Å². The van der Waals surface area contributed by atoms with E-state index in [0.717, 1.165) is 5.56 Å². The Bertz CT molecular complexity index is 1030. The van der Waals surface area contributed by atoms with E-state index >= 15 is 0 Å². The number of nitrogens with one attached hydrogen (secondary N) is 2. The van der Waals surface area contributed by atoms with Crippen molar-refractivity contribution in [3.05, 3.63) is 95.5 Å². The van der Waals surface area contributed by atoms with Crippen LogP contribution in [0.2, 0.25) is 5.02 Å². The lowest BCUT2D eigenvalue weighted by atomic mass is 10.2. The Morgan fingerprint density at radius 2 is 1.47 bits per heavy atom. The molecule has 1 unspecified atom stereocenters. The maximum Gasteiger partial charge on any atom is 0.265 e. The van der Waals surface area contributed by atoms with Crippen molar-refractivity contribution >= 4 is 40.9 Å². The van der Waals surface area contributed by atoms with E-state index in [-0.39, 0.29) is 11.8 Å². The summed E-state index contributed by atoms with van der Waals surface area (Å²) >= 11 is 6.05. The van der Waals surface area contributed by atoms with Crippen molar-refractivity contribution in [1.29, 1.82) is 0 Å². The van der Waals surface area contributed by atoms with Crippen molar-refractivity contribution in [1.82, 2.24) is 0 Å². The molecule has 0 spiro atoms. The van der Waals surface area contributed by atoms with E-state index in [0.29, 0.717) is 22.1 Å². The number of rotatable bonds is 7. The molecule has 0 heterocycles. The number of amides is 2. The van der Waals surface area contributed by atoms with Crippen LogP contribution in [0.25, 0.3) is 6.08 Å². The van der Waals surface area contributed by atoms with Crippen LogP contribution in [0.5, 0.6) is 5.75 Å². The number of carbonyl (C=O) groups excluding carboxylic acids is 2. The molecule has 0 saturated carbocycles. The average molecular weight is 421 g/mol. The normalized spacial score (nSPS) is 11.7. The molecule has 6 heteroatoms. The van der Waals surface area contributed by atoms with E-state index in [4.69, 9.17) is 16.3 Å². The van der Waals surface area contributed by atoms with Gasteiger partial charge in [-0.1, -0.05) is 54.1 Å². The van der Waals surface area contributed by atoms with Gasteiger partial charge >= 0.3 is 0 Å². The van der Waals surface area contributed by atoms with Gasteiger partial charge in [0.15, 0.2) is 6.10 Å². The lowest BCUT2D eigenvalue weighted by molar-refractivity contribution is -0.122. The van der Waals surface area contributed by atoms with Gasteiger partial charge < -0.3 is 15.4 Å². The first-order valence-electron chi connectivity index (χ1n) is 9.37. The molecule has 0 fully saturated rings. The van der Waals surface area contributed by atoms with Gasteiger partial charge in [0.1, 0.15) is 5.75 Å². The molecule has 152 valence electrons. The van der Waals surface area contributed by atoms with E-state index in [1.807, 2.05) is 30.3 Å². The zero-order chi connectivity index (χ0) is 21.3. The van der Waals surface area contributed by atoms with Gasteiger partial charge in [-0.05, 0) is 55.0 Å². The quantitative estimate of drug-likeness (QED) is 0.503. The third-order valence-electron chi connectivity index (χ3n) is 4.16. The summed E-state index contributed by atoms with van der Waals surface area (Å²) in [5, 5.41) is 5.99. The number of hydrogen-bond acceptors (Lipinski definition) is 3. The van der Waals surface area contributed by atoms with Crippen LogP contribution in [0.3, 0.4) is 0 Å². The second kappa shape index (κ2) is 10.3. The number of anilines is 2. The van der Waals surface area contributed by atoms with Gasteiger partial charge in [-0.2, -0.15) is 0 Å². The predicted octanol–water partition coefficient (Wildman–Crippen LogP) is 5.40. The van der Waals surface area contributed by atoms with E-state index in [1.54, 1.807) is 61.5 Å². The predicted molar refractivity (Wildman–Crippen MR) is 121 cm³/mol. The van der Waals surface area contributed by atoms with Crippen LogP contribution in [-0.4, -0.2) is 17.9 Å². The summed E-state index contributed by atoms with van der Waals surface area (Å²) in [6.07, 6.45) is 2.48. The highest BCUT2D eigenvalue weighted by atomic mass is 35.5. The number of halogens is 1. The van der Waals surface area contributed by atoms with Gasteiger partial charge in [0.05, 0.1) is 5.02 Å². The standard InChI is InChI=1S/C24H21ClN2O3/c1-17(30-22-10-6-5-9-21(22)25)24(29)27-20-14-12-19(13-15-20)26-23(28)16-11-18-7-3-2-4-8-18/h2-17H,1H3,(H,26,28)(H,27,29)/b16-11+. The molecule has 0 bridgehead atoms. The van der Waals surface area contributed by atoms with Crippen LogP contribution < -0.4 is 15.4 Å². The second-order valence-corrected chi connectivity index (χ2v) is 6.90. The molecule has 2 N–H and O–H groups in total. The van der Waals surface area contributed by atoms with Crippen molar-refractivity contribution in [3.8, 4) is 5.75 Å². The molecule has 0 aliphatic heterocycles. The summed E-state index contributed by atoms with van der Waals surface area (Å²) in [6.45, 7) is 1.65. The Morgan fingerprint density at radius 1 is 0.867 bits per heavy atom. The summed E-state index contributed by atoms with van der Waals surface area (Å²) in [5.41, 5.74) is 2.15. The van der Waals surface area contributed by atoms with Crippen LogP contribution in [0.1, 0.15) is 12.5 Å². The molecule has 1 atom stereocenters. The van der Waals surface area contributed by atoms with Crippen LogP contribution >= 0.6 is 11.6 Å². The van der Waals surface area contributed by atoms with Crippen LogP contribution in [-0.2, 0) is 9.59 Å². The largest absolute Gasteiger partial charge is 0.479 e. The fraction of sp³-hybridized carbons (Fsp3) is 0.0833. The molecule has 30 heavy (non-hydrogen) atoms. The molecule has 0 aromatic heterocycles. The summed E-state index contributed by atoms with van der Waals surface area (Å²) in [7, 11) is 0. The zero-order valence-corrected chi connectivity index (χ0v) is 17.1. The monoisotopic (exact) mass is 420 g/mol. The SMILES string of the molecule is CC(Oc1ccccc1Cl)C(=O)Nc1ccc(NC(=O)/C=C/c2ccccc2)cc1. The van der Waals surface area contributed by atoms with Gasteiger partial charge in [-0.15, -0.1) is 0 Å². The lowest BCUT2D eigenvalue weighted by Gasteiger charge is -2.15. The van der Waals surface area contributed by atoms with Crippen LogP contribution in [0, 0.1) is 0 Å². The molecule has 3 aromatic carbocycles. The smallest absolute Gasteiger partial charge is 0.265 e. The number of carbonyl (C=O) groups is 2. The molecule has 3 rings (SSSR count). The van der Waals surface area contributed by atoms with E-state index in [9.17, 15) is 9.59 Å². The van der Waals surface area contributed by atoms with E-state index in [1.165, 1.54) is 6.08 Å². The number of benzene rings is 3. The summed E-state index contributed by atoms with van der Waals surface area (Å²) < 4.78 is 5.61. The first-order valence-corrected chi connectivity index (χ1v) is 9.75. The van der Waals surface area contributed by atoms with Crippen molar-refractivity contribution in [2.75, 3.05) is 10.6 Å². The molecule has 0 saturated heterocycles. The molecule has 3 aromatic rings. The zero-order valence-electron chi connectivity index (χ0n) is 16.3. The number of hydrogen-bond donors (Lipinski definition) is 2. The average Bonchev–Trinajstić information content (AvgIpc) is 2.76. The van der Waals surface area contributed by atoms with Crippen LogP contribution in [0.15, 0.2) is 84.9 Å². The summed E-state index contributed by atoms with van der Waals surface area (Å²) in [4.78, 5) is 24.4. The molecule has 0 radical (unpaired) electrons. The number of ether oxygens (including phenoxy) is 1. The Kier molecular flexibility index (Phi) is 7.24. The maximum atomic E-state index is 12.4. The molecular weight excluding hydrogens is 400 g/mol. The topological polar surface area (TPSA) is 67.4 Å². The van der Waals surface area contributed by atoms with E-state index in [2.05, 4.69) is 10.6 Å². The highest BCUT2D eigenvalue weighted by molar-refractivity contribution is 6.32. The Morgan fingerprint density at radius 3 is 2.13 bits per heavy atom. The Labute approximate surface area is 180 Å². The van der Waals surface area contributed by atoms with Crippen molar-refractivity contribution in [2.45, 2.75) is 13.0 Å². The maximum absolute atomic E-state index is 12.4. The first-order chi connectivity index (χ1) is 14.5. The Hall–Kier alpha value is -3.57. The van der Waals surface area contributed by atoms with Crippen molar-refractivity contribution in [2.24, 2.45) is 0 Å². The fourth-order valence-electron chi connectivity index (χ4n) is 2.59. The minimum absolute atomic E-state index is 0.239. The van der Waals surface area contributed by atoms with Crippen molar-refractivity contribution in [3.63, 3.8) is 0 Å². The van der Waals surface area contributed by atoms with Gasteiger partial charge in [0.2, 0.25) is 5.91 Å². The second-order valence-electron chi connectivity index (χ2n) is 6.49. The van der Waals surface area contributed by atoms with Gasteiger partial charge in [-0.25, -0.2) is 0 Å². The van der Waals surface area contributed by atoms with Gasteiger partial charge in [-0.3, -0.25) is 9.59 Å². The summed E-state index contributed by atoms with van der Waals surface area (Å²) in [6, 6.07) is 23.4. The highest BCUT2D eigenvalue weighted by Crippen LogP contribution is 2.24. The van der Waals surface area contributed by atoms with Crippen molar-refractivity contribution < 1.29 is 14.3 Å². The third-order valence-corrected chi connectivity index (χ3v) is 4.47. The molecule has 0 aliphatic rings. The minimum Gasteiger partial charge on any atom is -0.479 e. The first kappa shape index (κ1) is 21.1. The van der Waals surface area contributed by atoms with Gasteiger partial charge in [0, 0.05) is 17.5 Å². The summed E-state index contributed by atoms with van der Waals surface area (Å²) in [5.74, 6) is -0.0988. The van der Waals surface area contributed by atoms with E-state index < -0.39 is 6.10 Å². The number of para-hydroxylation sites is 1. The third kappa shape index (κ3) is 6.22. The Balaban J connectivity index is 1.52.